The summed E-state index contributed by atoms with van der Waals surface area (Å²) in [5.41, 5.74) is 7.90. The van der Waals surface area contributed by atoms with Crippen molar-refractivity contribution in [3.8, 4) is 27.8 Å². The molecule has 2 fully saturated rings. The molecule has 0 bridgehead atoms. The van der Waals surface area contributed by atoms with Gasteiger partial charge in [0, 0.05) is 89.4 Å². The molecule has 0 aromatic carbocycles. The van der Waals surface area contributed by atoms with Crippen LogP contribution in [0.5, 0.6) is 0 Å². The molecule has 8 nitrogen and oxygen atoms in total. The van der Waals surface area contributed by atoms with E-state index in [1.807, 2.05) is 41.7 Å². The van der Waals surface area contributed by atoms with Crippen LogP contribution in [0.15, 0.2) is 30.9 Å². The Balaban J connectivity index is 1.30. The van der Waals surface area contributed by atoms with Crippen molar-refractivity contribution in [3.63, 3.8) is 0 Å². The van der Waals surface area contributed by atoms with Crippen molar-refractivity contribution in [2.24, 2.45) is 12.5 Å². The predicted octanol–water partition coefficient (Wildman–Crippen LogP) is 4.89. The summed E-state index contributed by atoms with van der Waals surface area (Å²) in [4.78, 5) is 13.7. The number of rotatable bonds is 5. The lowest BCUT2D eigenvalue weighted by atomic mass is 9.88. The highest BCUT2D eigenvalue weighted by Gasteiger charge is 2.51. The number of aromatic nitrogens is 4. The summed E-state index contributed by atoms with van der Waals surface area (Å²) >= 11 is 1.84. The molecule has 1 saturated heterocycles. The molecule has 4 aromatic rings. The Bertz CT molecular complexity index is 1670. The molecular weight excluding hydrogens is 494 g/mol. The van der Waals surface area contributed by atoms with Gasteiger partial charge in [0.05, 0.1) is 24.6 Å². The minimum Gasteiger partial charge on any atom is -0.387 e. The molecule has 38 heavy (non-hydrogen) atoms. The number of H-pyrrole nitrogens is 1. The molecule has 0 radical (unpaired) electrons. The molecule has 3 aliphatic heterocycles. The second kappa shape index (κ2) is 8.03. The molecule has 1 spiro atoms. The first-order chi connectivity index (χ1) is 18.6. The summed E-state index contributed by atoms with van der Waals surface area (Å²) in [6.45, 7) is 4.29. The van der Waals surface area contributed by atoms with Crippen LogP contribution in [0.2, 0.25) is 0 Å². The van der Waals surface area contributed by atoms with E-state index >= 15 is 0 Å². The van der Waals surface area contributed by atoms with Gasteiger partial charge in [-0.3, -0.25) is 9.58 Å². The van der Waals surface area contributed by atoms with Gasteiger partial charge >= 0.3 is 0 Å². The second-order valence-electron chi connectivity index (χ2n) is 11.5. The fourth-order valence-corrected chi connectivity index (χ4v) is 7.94. The molecule has 0 amide bonds. The first-order valence-electron chi connectivity index (χ1n) is 13.4. The van der Waals surface area contributed by atoms with Crippen LogP contribution in [-0.2, 0) is 30.5 Å². The summed E-state index contributed by atoms with van der Waals surface area (Å²) in [5.74, 6) is 0. The van der Waals surface area contributed by atoms with E-state index in [4.69, 9.17) is 9.72 Å². The molecule has 8 rings (SSSR count). The molecule has 1 unspecified atom stereocenters. The van der Waals surface area contributed by atoms with E-state index < -0.39 is 0 Å². The highest BCUT2D eigenvalue weighted by Crippen LogP contribution is 2.54. The van der Waals surface area contributed by atoms with Gasteiger partial charge in [0.15, 0.2) is 0 Å². The molecule has 2 N–H and O–H groups in total. The van der Waals surface area contributed by atoms with Crippen LogP contribution in [0.3, 0.4) is 0 Å². The van der Waals surface area contributed by atoms with Crippen molar-refractivity contribution in [2.45, 2.75) is 44.4 Å². The molecule has 9 heteroatoms. The predicted molar refractivity (Wildman–Crippen MR) is 147 cm³/mol. The normalized spacial score (nSPS) is 23.1. The maximum Gasteiger partial charge on any atom is 0.138 e. The minimum absolute atomic E-state index is 0.194. The summed E-state index contributed by atoms with van der Waals surface area (Å²) in [7, 11) is 1.96. The van der Waals surface area contributed by atoms with Crippen molar-refractivity contribution in [2.75, 3.05) is 19.6 Å². The summed E-state index contributed by atoms with van der Waals surface area (Å²) in [6, 6.07) is 4.76. The Morgan fingerprint density at radius 1 is 1.24 bits per heavy atom. The third-order valence-corrected chi connectivity index (χ3v) is 10.0. The van der Waals surface area contributed by atoms with E-state index in [2.05, 4.69) is 44.7 Å². The van der Waals surface area contributed by atoms with Crippen molar-refractivity contribution >= 4 is 28.4 Å². The first kappa shape index (κ1) is 22.5. The van der Waals surface area contributed by atoms with E-state index in [0.29, 0.717) is 13.0 Å². The fourth-order valence-electron chi connectivity index (χ4n) is 6.80. The van der Waals surface area contributed by atoms with E-state index in [1.165, 1.54) is 50.2 Å². The highest BCUT2D eigenvalue weighted by molar-refractivity contribution is 7.16. The minimum atomic E-state index is -0.346. The van der Waals surface area contributed by atoms with Crippen molar-refractivity contribution in [1.29, 1.82) is 5.26 Å². The Morgan fingerprint density at radius 2 is 2.16 bits per heavy atom. The number of nitrogens with one attached hydrogen (secondary N) is 2. The second-order valence-corrected chi connectivity index (χ2v) is 12.5. The Labute approximate surface area is 224 Å². The summed E-state index contributed by atoms with van der Waals surface area (Å²) in [6.07, 6.45) is 14.2. The van der Waals surface area contributed by atoms with Crippen LogP contribution in [0.1, 0.15) is 47.3 Å². The zero-order valence-corrected chi connectivity index (χ0v) is 22.2. The van der Waals surface area contributed by atoms with E-state index in [9.17, 15) is 5.26 Å². The topological polar surface area (TPSA) is 94.8 Å². The van der Waals surface area contributed by atoms with Gasteiger partial charge in [0.1, 0.15) is 11.2 Å². The number of aryl methyl sites for hydroxylation is 1. The maximum absolute atomic E-state index is 9.35. The van der Waals surface area contributed by atoms with Crippen molar-refractivity contribution in [3.05, 3.63) is 52.4 Å². The Hall–Kier alpha value is -3.45. The molecule has 1 aliphatic carbocycles. The first-order valence-corrected chi connectivity index (χ1v) is 14.2. The van der Waals surface area contributed by atoms with Gasteiger partial charge in [-0.15, -0.1) is 11.3 Å². The number of pyridine rings is 1. The third-order valence-electron chi connectivity index (χ3n) is 8.87. The average Bonchev–Trinajstić information content (AvgIpc) is 3.44. The lowest BCUT2D eigenvalue weighted by molar-refractivity contribution is -0.0296. The van der Waals surface area contributed by atoms with Crippen molar-refractivity contribution < 1.29 is 4.74 Å². The fraction of sp³-hybridized carbons (Fsp3) is 0.414. The Kier molecular flexibility index (Phi) is 4.76. The molecule has 1 saturated carbocycles. The van der Waals surface area contributed by atoms with Gasteiger partial charge in [-0.1, -0.05) is 0 Å². The standard InChI is InChI=1S/C29H29N7OS/c1-35-14-19(13-33-35)26-23(22-10-18-11-31-8-2-21(18)38-22)24-25-20(12-32-27(24)34-26)15-37-29(25)6-9-36(17-29)16-28(3-4-28)5-7-30/h2,8,10,12-14,31H,3-6,9,11,15-17H2,1H3,(H,32,34). The SMILES string of the molecule is Cn1cc(-c2[nH]c3ncc4c(c3c2-c2cc3c(s2)C=CNC3)C2(CCN(CC3(CC#N)CC3)C2)OC4)cn1. The molecule has 4 aliphatic rings. The van der Waals surface area contributed by atoms with Crippen LogP contribution in [0.4, 0.5) is 0 Å². The molecule has 4 aromatic heterocycles. The highest BCUT2D eigenvalue weighted by atomic mass is 32.1. The largest absolute Gasteiger partial charge is 0.387 e. The third kappa shape index (κ3) is 3.34. The smallest absolute Gasteiger partial charge is 0.138 e. The number of hydrogen-bond acceptors (Lipinski definition) is 7. The van der Waals surface area contributed by atoms with E-state index in [-0.39, 0.29) is 11.0 Å². The van der Waals surface area contributed by atoms with Gasteiger partial charge in [0.2, 0.25) is 0 Å². The lowest BCUT2D eigenvalue weighted by Crippen LogP contribution is -2.34. The number of nitriles is 1. The average molecular weight is 524 g/mol. The zero-order chi connectivity index (χ0) is 25.5. The molecule has 1 atom stereocenters. The van der Waals surface area contributed by atoms with Crippen LogP contribution in [0.25, 0.3) is 38.8 Å². The molecular formula is C29H29N7OS. The van der Waals surface area contributed by atoms with Crippen LogP contribution in [0, 0.1) is 16.7 Å². The Morgan fingerprint density at radius 3 is 2.95 bits per heavy atom. The van der Waals surface area contributed by atoms with Gasteiger partial charge < -0.3 is 15.0 Å². The van der Waals surface area contributed by atoms with Crippen LogP contribution in [-0.4, -0.2) is 44.3 Å². The van der Waals surface area contributed by atoms with Gasteiger partial charge in [0.25, 0.3) is 0 Å². The van der Waals surface area contributed by atoms with E-state index in [1.54, 1.807) is 0 Å². The number of aromatic amines is 1. The number of likely N-dealkylation sites (tertiary alicyclic amines) is 1. The number of hydrogen-bond donors (Lipinski definition) is 2. The summed E-state index contributed by atoms with van der Waals surface area (Å²) < 4.78 is 8.55. The van der Waals surface area contributed by atoms with Gasteiger partial charge in [-0.2, -0.15) is 10.4 Å². The lowest BCUT2D eigenvalue weighted by Gasteiger charge is -2.27. The van der Waals surface area contributed by atoms with Gasteiger partial charge in [-0.25, -0.2) is 4.98 Å². The monoisotopic (exact) mass is 523 g/mol. The maximum atomic E-state index is 9.35. The van der Waals surface area contributed by atoms with Gasteiger partial charge in [-0.05, 0) is 48.6 Å². The van der Waals surface area contributed by atoms with Crippen LogP contribution < -0.4 is 5.32 Å². The number of ether oxygens (including phenoxy) is 1. The quantitative estimate of drug-likeness (QED) is 0.387. The number of nitrogens with zero attached hydrogens (tertiary/aromatic N) is 5. The van der Waals surface area contributed by atoms with Crippen molar-refractivity contribution in [1.82, 2.24) is 30.0 Å². The zero-order valence-electron chi connectivity index (χ0n) is 21.4. The number of thiophene rings is 1. The van der Waals surface area contributed by atoms with Crippen LogP contribution >= 0.6 is 11.3 Å². The number of fused-ring (bicyclic) bond motifs is 5. The molecule has 192 valence electrons. The molecule has 7 heterocycles. The summed E-state index contributed by atoms with van der Waals surface area (Å²) in [5, 5.41) is 18.4. The van der Waals surface area contributed by atoms with E-state index in [0.717, 1.165) is 49.5 Å².